The summed E-state index contributed by atoms with van der Waals surface area (Å²) >= 11 is 0. The molecule has 0 radical (unpaired) electrons. The van der Waals surface area contributed by atoms with Crippen molar-refractivity contribution in [1.29, 1.82) is 0 Å². The zero-order valence-corrected chi connectivity index (χ0v) is 24.0. The van der Waals surface area contributed by atoms with Crippen molar-refractivity contribution in [2.75, 3.05) is 13.1 Å². The van der Waals surface area contributed by atoms with Crippen molar-refractivity contribution in [3.8, 4) is 0 Å². The summed E-state index contributed by atoms with van der Waals surface area (Å²) in [7, 11) is 0. The molecule has 2 aromatic carbocycles. The smallest absolute Gasteiger partial charge is 0.351 e. The van der Waals surface area contributed by atoms with Crippen molar-refractivity contribution in [3.05, 3.63) is 82.7 Å². The molecule has 1 saturated heterocycles. The van der Waals surface area contributed by atoms with Gasteiger partial charge in [-0.2, -0.15) is 13.2 Å². The maximum Gasteiger partial charge on any atom is 0.451 e. The molecule has 45 heavy (non-hydrogen) atoms. The Morgan fingerprint density at radius 1 is 0.933 bits per heavy atom. The lowest BCUT2D eigenvalue weighted by Crippen LogP contribution is -2.51. The van der Waals surface area contributed by atoms with E-state index in [-0.39, 0.29) is 43.4 Å². The van der Waals surface area contributed by atoms with Crippen LogP contribution in [0.3, 0.4) is 0 Å². The highest BCUT2D eigenvalue weighted by atomic mass is 19.4. The number of benzene rings is 2. The molecule has 0 bridgehead atoms. The van der Waals surface area contributed by atoms with Crippen LogP contribution in [-0.4, -0.2) is 67.5 Å². The van der Waals surface area contributed by atoms with E-state index >= 15 is 0 Å². The number of alkyl halides is 3. The third-order valence-electron chi connectivity index (χ3n) is 8.03. The van der Waals surface area contributed by atoms with Gasteiger partial charge in [0, 0.05) is 44.6 Å². The number of nitrogens with zero attached hydrogens (tertiary/aromatic N) is 5. The first-order valence-electron chi connectivity index (χ1n) is 14.4. The van der Waals surface area contributed by atoms with Crippen LogP contribution in [0, 0.1) is 17.5 Å². The molecule has 9 nitrogen and oxygen atoms in total. The highest BCUT2D eigenvalue weighted by Crippen LogP contribution is 2.30. The molecule has 2 aliphatic heterocycles. The zero-order valence-electron chi connectivity index (χ0n) is 24.0. The van der Waals surface area contributed by atoms with Gasteiger partial charge in [0.15, 0.2) is 17.5 Å². The standard InChI is InChI=1S/C30H30F6N6O3/c31-21-16-23(33)22(32)14-19(21)13-20(15-27(44)40-11-12-42-25(17-40)38-39-29(42)30(34,35)36)37-28(45)24-7-4-10-41(24)26(43)9-8-18-5-2-1-3-6-18/h1-3,5-6,14,16,20,24H,4,7-13,15,17H2,(H,37,45). The number of nitrogens with one attached hydrogen (secondary N) is 1. The fraction of sp³-hybridized carbons (Fsp3) is 0.433. The summed E-state index contributed by atoms with van der Waals surface area (Å²) in [5.74, 6) is -6.46. The predicted molar refractivity (Wildman–Crippen MR) is 147 cm³/mol. The molecule has 1 fully saturated rings. The Hall–Kier alpha value is -4.43. The second-order valence-corrected chi connectivity index (χ2v) is 11.1. The molecule has 5 rings (SSSR count). The molecular weight excluding hydrogens is 606 g/mol. The average molecular weight is 637 g/mol. The van der Waals surface area contributed by atoms with E-state index in [1.165, 1.54) is 9.80 Å². The minimum absolute atomic E-state index is 0.0789. The van der Waals surface area contributed by atoms with Gasteiger partial charge in [0.25, 0.3) is 0 Å². The van der Waals surface area contributed by atoms with E-state index in [0.29, 0.717) is 37.9 Å². The molecule has 3 heterocycles. The van der Waals surface area contributed by atoms with Crippen molar-refractivity contribution in [2.24, 2.45) is 0 Å². The van der Waals surface area contributed by atoms with Crippen LogP contribution in [0.2, 0.25) is 0 Å². The van der Waals surface area contributed by atoms with E-state index in [1.807, 2.05) is 30.3 Å². The molecule has 15 heteroatoms. The number of aryl methyl sites for hydroxylation is 1. The van der Waals surface area contributed by atoms with Crippen molar-refractivity contribution < 1.29 is 40.7 Å². The van der Waals surface area contributed by atoms with Crippen LogP contribution < -0.4 is 5.32 Å². The lowest BCUT2D eigenvalue weighted by atomic mass is 10.0. The van der Waals surface area contributed by atoms with Crippen LogP contribution >= 0.6 is 0 Å². The SMILES string of the molecule is O=C(NC(CC(=O)N1CCn2c(nnc2C(F)(F)F)C1)Cc1cc(F)c(F)cc1F)C1CCCN1C(=O)CCc1ccccc1. The quantitative estimate of drug-likeness (QED) is 0.285. The van der Waals surface area contributed by atoms with Gasteiger partial charge >= 0.3 is 6.18 Å². The highest BCUT2D eigenvalue weighted by molar-refractivity contribution is 5.89. The van der Waals surface area contributed by atoms with Crippen LogP contribution in [0.4, 0.5) is 26.3 Å². The highest BCUT2D eigenvalue weighted by Gasteiger charge is 2.40. The first kappa shape index (κ1) is 32.0. The Kier molecular flexibility index (Phi) is 9.44. The molecule has 2 atom stereocenters. The number of likely N-dealkylation sites (tertiary alicyclic amines) is 1. The molecule has 0 saturated carbocycles. The predicted octanol–water partition coefficient (Wildman–Crippen LogP) is 3.80. The second kappa shape index (κ2) is 13.3. The summed E-state index contributed by atoms with van der Waals surface area (Å²) in [6, 6.07) is 8.41. The molecule has 240 valence electrons. The maximum absolute atomic E-state index is 14.6. The first-order valence-corrected chi connectivity index (χ1v) is 14.4. The van der Waals surface area contributed by atoms with Crippen LogP contribution in [0.5, 0.6) is 0 Å². The fourth-order valence-electron chi connectivity index (χ4n) is 5.75. The average Bonchev–Trinajstić information content (AvgIpc) is 3.67. The number of carbonyl (C=O) groups is 3. The summed E-state index contributed by atoms with van der Waals surface area (Å²) in [6.07, 6.45) is -3.98. The molecule has 0 spiro atoms. The summed E-state index contributed by atoms with van der Waals surface area (Å²) in [6.45, 7) is -0.269. The lowest BCUT2D eigenvalue weighted by molar-refractivity contribution is -0.148. The number of carbonyl (C=O) groups excluding carboxylic acids is 3. The van der Waals surface area contributed by atoms with Crippen LogP contribution in [-0.2, 0) is 46.5 Å². The second-order valence-electron chi connectivity index (χ2n) is 11.1. The number of fused-ring (bicyclic) bond motifs is 1. The van der Waals surface area contributed by atoms with Crippen molar-refractivity contribution in [1.82, 2.24) is 29.9 Å². The molecule has 1 N–H and O–H groups in total. The minimum atomic E-state index is -4.72. The minimum Gasteiger partial charge on any atom is -0.351 e. The van der Waals surface area contributed by atoms with Crippen molar-refractivity contribution in [3.63, 3.8) is 0 Å². The first-order chi connectivity index (χ1) is 21.4. The Balaban J connectivity index is 1.29. The molecule has 0 aliphatic carbocycles. The third-order valence-corrected chi connectivity index (χ3v) is 8.03. The number of rotatable bonds is 9. The van der Waals surface area contributed by atoms with E-state index in [0.717, 1.165) is 10.1 Å². The summed E-state index contributed by atoms with van der Waals surface area (Å²) in [4.78, 5) is 42.5. The number of hydrogen-bond donors (Lipinski definition) is 1. The third kappa shape index (κ3) is 7.45. The van der Waals surface area contributed by atoms with Gasteiger partial charge in [-0.1, -0.05) is 30.3 Å². The van der Waals surface area contributed by atoms with Gasteiger partial charge in [0.2, 0.25) is 23.5 Å². The Labute approximate surface area is 254 Å². The van der Waals surface area contributed by atoms with Crippen molar-refractivity contribution >= 4 is 17.7 Å². The number of aromatic nitrogens is 3. The fourth-order valence-corrected chi connectivity index (χ4v) is 5.75. The van der Waals surface area contributed by atoms with Gasteiger partial charge in [-0.25, -0.2) is 13.2 Å². The van der Waals surface area contributed by atoms with Crippen molar-refractivity contribution in [2.45, 2.75) is 69.9 Å². The van der Waals surface area contributed by atoms with Gasteiger partial charge < -0.3 is 19.7 Å². The maximum atomic E-state index is 14.6. The molecule has 3 amide bonds. The molecular formula is C30H30F6N6O3. The Bertz CT molecular complexity index is 1560. The van der Waals surface area contributed by atoms with E-state index in [1.54, 1.807) is 0 Å². The van der Waals surface area contributed by atoms with Crippen LogP contribution in [0.15, 0.2) is 42.5 Å². The molecule has 2 unspecified atom stereocenters. The molecule has 1 aromatic heterocycles. The van der Waals surface area contributed by atoms with E-state index in [9.17, 15) is 40.7 Å². The van der Waals surface area contributed by atoms with Gasteiger partial charge in [-0.3, -0.25) is 14.4 Å². The normalized spacial score (nSPS) is 17.2. The summed E-state index contributed by atoms with van der Waals surface area (Å²) in [5, 5.41) is 9.45. The van der Waals surface area contributed by atoms with E-state index in [2.05, 4.69) is 15.5 Å². The van der Waals surface area contributed by atoms with Gasteiger partial charge in [0.05, 0.1) is 6.54 Å². The topological polar surface area (TPSA) is 100 Å². The largest absolute Gasteiger partial charge is 0.451 e. The lowest BCUT2D eigenvalue weighted by Gasteiger charge is -2.31. The monoisotopic (exact) mass is 636 g/mol. The van der Waals surface area contributed by atoms with Gasteiger partial charge in [-0.05, 0) is 42.9 Å². The zero-order chi connectivity index (χ0) is 32.3. The summed E-state index contributed by atoms with van der Waals surface area (Å²) < 4.78 is 82.7. The summed E-state index contributed by atoms with van der Waals surface area (Å²) in [5.41, 5.74) is 0.672. The number of hydrogen-bond acceptors (Lipinski definition) is 5. The van der Waals surface area contributed by atoms with Gasteiger partial charge in [0.1, 0.15) is 11.9 Å². The number of halogens is 6. The molecule has 2 aliphatic rings. The molecule has 3 aromatic rings. The van der Waals surface area contributed by atoms with E-state index < -0.39 is 66.2 Å². The Morgan fingerprint density at radius 2 is 1.67 bits per heavy atom. The van der Waals surface area contributed by atoms with Crippen LogP contribution in [0.25, 0.3) is 0 Å². The Morgan fingerprint density at radius 3 is 2.40 bits per heavy atom. The van der Waals surface area contributed by atoms with Crippen LogP contribution in [0.1, 0.15) is 48.5 Å². The number of amides is 3. The van der Waals surface area contributed by atoms with E-state index in [4.69, 9.17) is 0 Å². The van der Waals surface area contributed by atoms with Gasteiger partial charge in [-0.15, -0.1) is 10.2 Å².